The average Bonchev–Trinajstić information content (AvgIpc) is 3.05. The van der Waals surface area contributed by atoms with E-state index in [0.29, 0.717) is 11.8 Å². The highest BCUT2D eigenvalue weighted by atomic mass is 35.5. The van der Waals surface area contributed by atoms with Crippen LogP contribution in [0.25, 0.3) is 5.69 Å². The summed E-state index contributed by atoms with van der Waals surface area (Å²) in [6, 6.07) is 9.97. The highest BCUT2D eigenvalue weighted by Crippen LogP contribution is 2.41. The van der Waals surface area contributed by atoms with Crippen LogP contribution in [0.5, 0.6) is 0 Å². The van der Waals surface area contributed by atoms with Crippen molar-refractivity contribution in [3.8, 4) is 5.69 Å². The molecule has 0 saturated heterocycles. The molecule has 7 heteroatoms. The molecule has 0 spiro atoms. The lowest BCUT2D eigenvalue weighted by atomic mass is 9.80. The number of hydrogen-bond acceptors (Lipinski definition) is 4. The summed E-state index contributed by atoms with van der Waals surface area (Å²) in [6.45, 7) is 1.63. The number of pyridine rings is 1. The van der Waals surface area contributed by atoms with Gasteiger partial charge in [-0.25, -0.2) is 0 Å². The monoisotopic (exact) mass is 427 g/mol. The topological polar surface area (TPSA) is 46.8 Å². The maximum Gasteiger partial charge on any atom is 0.151 e. The van der Waals surface area contributed by atoms with Crippen LogP contribution in [0.3, 0.4) is 0 Å². The molecule has 5 nitrogen and oxygen atoms in total. The minimum Gasteiger partial charge on any atom is -0.295 e. The molecule has 0 amide bonds. The summed E-state index contributed by atoms with van der Waals surface area (Å²) >= 11 is 12.4. The van der Waals surface area contributed by atoms with Crippen molar-refractivity contribution >= 4 is 23.2 Å². The van der Waals surface area contributed by atoms with Crippen LogP contribution in [0.4, 0.5) is 0 Å². The number of hydrogen-bond donors (Lipinski definition) is 0. The first-order valence-electron chi connectivity index (χ1n) is 10.1. The quantitative estimate of drug-likeness (QED) is 0.552. The van der Waals surface area contributed by atoms with E-state index >= 15 is 0 Å². The minimum absolute atomic E-state index is 0.401. The Morgan fingerprint density at radius 2 is 1.66 bits per heavy atom. The van der Waals surface area contributed by atoms with E-state index in [1.807, 2.05) is 18.2 Å². The van der Waals surface area contributed by atoms with Gasteiger partial charge in [0, 0.05) is 40.3 Å². The Morgan fingerprint density at radius 3 is 2.45 bits per heavy atom. The number of aromatic nitrogens is 4. The van der Waals surface area contributed by atoms with Crippen molar-refractivity contribution in [2.45, 2.75) is 50.6 Å². The predicted octanol–water partition coefficient (Wildman–Crippen LogP) is 5.36. The SMILES string of the molecule is CN1Cc2cc(Cl)ccc2-n2c(nnc2[C@H]2CC[C@H](c3cc(Cl)ccn3)CC2)C1. The Hall–Kier alpha value is -1.95. The van der Waals surface area contributed by atoms with E-state index in [0.717, 1.165) is 71.8 Å². The van der Waals surface area contributed by atoms with E-state index in [4.69, 9.17) is 23.2 Å². The Balaban J connectivity index is 1.44. The van der Waals surface area contributed by atoms with Gasteiger partial charge in [-0.3, -0.25) is 14.5 Å². The van der Waals surface area contributed by atoms with Crippen molar-refractivity contribution in [2.75, 3.05) is 7.05 Å². The van der Waals surface area contributed by atoms with Gasteiger partial charge in [0.1, 0.15) is 5.82 Å². The number of rotatable bonds is 2. The molecule has 2 aromatic heterocycles. The van der Waals surface area contributed by atoms with Crippen LogP contribution in [0, 0.1) is 0 Å². The standard InChI is InChI=1S/C22H23Cl2N5/c1-28-12-16-10-17(23)6-7-20(16)29-21(13-28)26-27-22(29)15-4-2-14(3-5-15)19-11-18(24)8-9-25-19/h6-11,14-15H,2-5,12-13H2,1H3/t14-,15-. The van der Waals surface area contributed by atoms with Gasteiger partial charge >= 0.3 is 0 Å². The molecule has 1 aliphatic heterocycles. The molecule has 3 aromatic rings. The molecule has 0 unspecified atom stereocenters. The van der Waals surface area contributed by atoms with Crippen LogP contribution in [-0.2, 0) is 13.1 Å². The summed E-state index contributed by atoms with van der Waals surface area (Å²) in [5.41, 5.74) is 3.49. The average molecular weight is 428 g/mol. The molecule has 1 aliphatic carbocycles. The first-order valence-corrected chi connectivity index (χ1v) is 10.9. The maximum atomic E-state index is 6.28. The van der Waals surface area contributed by atoms with Crippen LogP contribution in [0.15, 0.2) is 36.5 Å². The fourth-order valence-corrected chi connectivity index (χ4v) is 5.10. The van der Waals surface area contributed by atoms with E-state index in [9.17, 15) is 0 Å². The van der Waals surface area contributed by atoms with Gasteiger partial charge in [0.25, 0.3) is 0 Å². The van der Waals surface area contributed by atoms with Crippen LogP contribution in [-0.4, -0.2) is 31.7 Å². The molecule has 0 radical (unpaired) electrons. The third-order valence-electron chi connectivity index (χ3n) is 6.14. The Morgan fingerprint density at radius 1 is 0.897 bits per heavy atom. The molecule has 1 saturated carbocycles. The van der Waals surface area contributed by atoms with Gasteiger partial charge in [-0.05, 0) is 68.6 Å². The first-order chi connectivity index (χ1) is 14.1. The normalized spacial score (nSPS) is 22.0. The highest BCUT2D eigenvalue weighted by molar-refractivity contribution is 6.30. The molecule has 0 atom stereocenters. The smallest absolute Gasteiger partial charge is 0.151 e. The second kappa shape index (κ2) is 7.71. The van der Waals surface area contributed by atoms with Crippen molar-refractivity contribution in [3.05, 3.63) is 69.5 Å². The van der Waals surface area contributed by atoms with E-state index in [2.05, 4.69) is 43.8 Å². The van der Waals surface area contributed by atoms with Gasteiger partial charge in [-0.2, -0.15) is 0 Å². The molecule has 1 aromatic carbocycles. The number of fused-ring (bicyclic) bond motifs is 3. The lowest BCUT2D eigenvalue weighted by Gasteiger charge is -2.28. The summed E-state index contributed by atoms with van der Waals surface area (Å²) in [7, 11) is 2.11. The minimum atomic E-state index is 0.401. The highest BCUT2D eigenvalue weighted by Gasteiger charge is 2.30. The van der Waals surface area contributed by atoms with Gasteiger partial charge in [-0.1, -0.05) is 23.2 Å². The second-order valence-corrected chi connectivity index (χ2v) is 9.08. The van der Waals surface area contributed by atoms with Gasteiger partial charge in [0.2, 0.25) is 0 Å². The molecule has 150 valence electrons. The van der Waals surface area contributed by atoms with Gasteiger partial charge in [0.15, 0.2) is 5.82 Å². The van der Waals surface area contributed by atoms with Crippen molar-refractivity contribution in [2.24, 2.45) is 0 Å². The molecule has 0 bridgehead atoms. The summed E-state index contributed by atoms with van der Waals surface area (Å²) < 4.78 is 2.28. The zero-order valence-electron chi connectivity index (χ0n) is 16.4. The fraction of sp³-hybridized carbons (Fsp3) is 0.409. The van der Waals surface area contributed by atoms with Gasteiger partial charge in [0.05, 0.1) is 12.2 Å². The van der Waals surface area contributed by atoms with Crippen molar-refractivity contribution in [3.63, 3.8) is 0 Å². The predicted molar refractivity (Wildman–Crippen MR) is 115 cm³/mol. The van der Waals surface area contributed by atoms with E-state index < -0.39 is 0 Å². The van der Waals surface area contributed by atoms with Gasteiger partial charge < -0.3 is 0 Å². The molecule has 0 N–H and O–H groups in total. The van der Waals surface area contributed by atoms with Crippen molar-refractivity contribution in [1.29, 1.82) is 0 Å². The second-order valence-electron chi connectivity index (χ2n) is 8.20. The summed E-state index contributed by atoms with van der Waals surface area (Å²) in [4.78, 5) is 6.80. The molecule has 2 aliphatic rings. The van der Waals surface area contributed by atoms with Crippen LogP contribution < -0.4 is 0 Å². The lowest BCUT2D eigenvalue weighted by molar-refractivity contribution is 0.315. The van der Waals surface area contributed by atoms with E-state index in [1.165, 1.54) is 5.56 Å². The van der Waals surface area contributed by atoms with Crippen LogP contribution >= 0.6 is 23.2 Å². The third kappa shape index (κ3) is 3.67. The summed E-state index contributed by atoms with van der Waals surface area (Å²) in [6.07, 6.45) is 6.15. The lowest BCUT2D eigenvalue weighted by Crippen LogP contribution is -2.17. The van der Waals surface area contributed by atoms with Crippen molar-refractivity contribution in [1.82, 2.24) is 24.6 Å². The Bertz CT molecular complexity index is 1040. The molecule has 3 heterocycles. The zero-order valence-corrected chi connectivity index (χ0v) is 17.9. The molecule has 29 heavy (non-hydrogen) atoms. The zero-order chi connectivity index (χ0) is 20.0. The largest absolute Gasteiger partial charge is 0.295 e. The number of halogens is 2. The molecular weight excluding hydrogens is 405 g/mol. The third-order valence-corrected chi connectivity index (χ3v) is 6.61. The van der Waals surface area contributed by atoms with Gasteiger partial charge in [-0.15, -0.1) is 10.2 Å². The summed E-state index contributed by atoms with van der Waals surface area (Å²) in [5.74, 6) is 2.95. The Kier molecular flexibility index (Phi) is 5.06. The number of benzene rings is 1. The van der Waals surface area contributed by atoms with Crippen LogP contribution in [0.2, 0.25) is 10.0 Å². The summed E-state index contributed by atoms with van der Waals surface area (Å²) in [5, 5.41) is 10.7. The Labute approximate surface area is 180 Å². The molecular formula is C22H23Cl2N5. The van der Waals surface area contributed by atoms with Crippen LogP contribution in [0.1, 0.15) is 60.4 Å². The first kappa shape index (κ1) is 19.0. The molecule has 5 rings (SSSR count). The maximum absolute atomic E-state index is 6.28. The molecule has 1 fully saturated rings. The van der Waals surface area contributed by atoms with E-state index in [-0.39, 0.29) is 0 Å². The number of nitrogens with zero attached hydrogens (tertiary/aromatic N) is 5. The van der Waals surface area contributed by atoms with E-state index in [1.54, 1.807) is 6.20 Å². The fourth-order valence-electron chi connectivity index (χ4n) is 4.74. The van der Waals surface area contributed by atoms with Crippen molar-refractivity contribution < 1.29 is 0 Å².